The molecule has 0 radical (unpaired) electrons. The second kappa shape index (κ2) is 5.87. The number of aromatic nitrogens is 2. The van der Waals surface area contributed by atoms with Crippen molar-refractivity contribution in [2.45, 2.75) is 52.5 Å². The summed E-state index contributed by atoms with van der Waals surface area (Å²) in [6.07, 6.45) is 6.54. The molecule has 116 valence electrons. The Kier molecular flexibility index (Phi) is 4.34. The van der Waals surface area contributed by atoms with Gasteiger partial charge in [0, 0.05) is 12.7 Å². The van der Waals surface area contributed by atoms with Gasteiger partial charge in [-0.05, 0) is 30.6 Å². The van der Waals surface area contributed by atoms with Gasteiger partial charge in [-0.15, -0.1) is 0 Å². The van der Waals surface area contributed by atoms with E-state index in [4.69, 9.17) is 5.11 Å². The molecule has 1 fully saturated rings. The highest BCUT2D eigenvalue weighted by Gasteiger charge is 2.35. The number of hydrogen-bond donors (Lipinski definition) is 2. The van der Waals surface area contributed by atoms with E-state index in [1.165, 1.54) is 10.8 Å². The van der Waals surface area contributed by atoms with Crippen LogP contribution in [0.15, 0.2) is 15.8 Å². The quantitative estimate of drug-likeness (QED) is 0.866. The molecule has 1 aromatic heterocycles. The third-order valence-corrected chi connectivity index (χ3v) is 4.25. The third-order valence-electron chi connectivity index (χ3n) is 4.25. The number of H-pyrrole nitrogens is 1. The Labute approximate surface area is 122 Å². The molecule has 1 aromatic rings. The molecule has 0 saturated heterocycles. The Morgan fingerprint density at radius 2 is 2.00 bits per heavy atom. The van der Waals surface area contributed by atoms with Crippen molar-refractivity contribution in [3.63, 3.8) is 0 Å². The van der Waals surface area contributed by atoms with Crippen LogP contribution in [-0.4, -0.2) is 20.6 Å². The highest BCUT2D eigenvalue weighted by Crippen LogP contribution is 2.44. The van der Waals surface area contributed by atoms with E-state index in [1.807, 2.05) is 0 Å². The standard InChI is InChI=1S/C15H22N2O4/c1-10(2)7-15(5-3-4-6-15)9-17-8-11(13(19)20)12(18)16-14(17)21/h8,10H,3-7,9H2,1-2H3,(H,19,20)(H,16,18,21). The van der Waals surface area contributed by atoms with Crippen LogP contribution in [0.1, 0.15) is 56.3 Å². The molecule has 1 aliphatic rings. The molecule has 0 spiro atoms. The van der Waals surface area contributed by atoms with Gasteiger partial charge >= 0.3 is 11.7 Å². The largest absolute Gasteiger partial charge is 0.477 e. The van der Waals surface area contributed by atoms with Crippen LogP contribution >= 0.6 is 0 Å². The van der Waals surface area contributed by atoms with Gasteiger partial charge < -0.3 is 5.11 Å². The average Bonchev–Trinajstić information content (AvgIpc) is 2.79. The SMILES string of the molecule is CC(C)CC1(Cn2cc(C(=O)O)c(=O)[nH]c2=O)CCCC1. The number of aromatic amines is 1. The van der Waals surface area contributed by atoms with E-state index in [2.05, 4.69) is 18.8 Å². The van der Waals surface area contributed by atoms with Crippen LogP contribution < -0.4 is 11.2 Å². The fourth-order valence-electron chi connectivity index (χ4n) is 3.56. The maximum Gasteiger partial charge on any atom is 0.342 e. The van der Waals surface area contributed by atoms with Crippen molar-refractivity contribution < 1.29 is 9.90 Å². The smallest absolute Gasteiger partial charge is 0.342 e. The van der Waals surface area contributed by atoms with Crippen LogP contribution in [0.25, 0.3) is 0 Å². The maximum atomic E-state index is 11.9. The van der Waals surface area contributed by atoms with E-state index >= 15 is 0 Å². The number of nitrogens with one attached hydrogen (secondary N) is 1. The summed E-state index contributed by atoms with van der Waals surface area (Å²) in [6.45, 7) is 4.78. The highest BCUT2D eigenvalue weighted by molar-refractivity contribution is 5.86. The molecule has 0 atom stereocenters. The van der Waals surface area contributed by atoms with E-state index in [1.54, 1.807) is 0 Å². The number of carbonyl (C=O) groups is 1. The molecule has 0 aromatic carbocycles. The lowest BCUT2D eigenvalue weighted by molar-refractivity contribution is 0.0692. The summed E-state index contributed by atoms with van der Waals surface area (Å²) in [7, 11) is 0. The van der Waals surface area contributed by atoms with Gasteiger partial charge in [0.15, 0.2) is 0 Å². The first kappa shape index (κ1) is 15.5. The van der Waals surface area contributed by atoms with Crippen molar-refractivity contribution in [1.82, 2.24) is 9.55 Å². The Bertz CT molecular complexity index is 636. The molecule has 0 amide bonds. The summed E-state index contributed by atoms with van der Waals surface area (Å²) >= 11 is 0. The number of carboxylic acids is 1. The second-order valence-corrected chi connectivity index (χ2v) is 6.54. The van der Waals surface area contributed by atoms with Crippen LogP contribution in [-0.2, 0) is 6.54 Å². The van der Waals surface area contributed by atoms with Crippen molar-refractivity contribution in [3.8, 4) is 0 Å². The molecule has 6 nitrogen and oxygen atoms in total. The lowest BCUT2D eigenvalue weighted by Gasteiger charge is -2.31. The molecular weight excluding hydrogens is 272 g/mol. The zero-order valence-electron chi connectivity index (χ0n) is 12.5. The summed E-state index contributed by atoms with van der Waals surface area (Å²) < 4.78 is 1.36. The van der Waals surface area contributed by atoms with Crippen molar-refractivity contribution in [2.75, 3.05) is 0 Å². The third kappa shape index (κ3) is 3.43. The number of nitrogens with zero attached hydrogens (tertiary/aromatic N) is 1. The molecule has 0 unspecified atom stereocenters. The zero-order chi connectivity index (χ0) is 15.6. The summed E-state index contributed by atoms with van der Waals surface area (Å²) in [6, 6.07) is 0. The molecule has 21 heavy (non-hydrogen) atoms. The van der Waals surface area contributed by atoms with Gasteiger partial charge in [-0.1, -0.05) is 26.7 Å². The Morgan fingerprint density at radius 3 is 2.52 bits per heavy atom. The van der Waals surface area contributed by atoms with Gasteiger partial charge in [-0.25, -0.2) is 9.59 Å². The van der Waals surface area contributed by atoms with Crippen LogP contribution in [0.4, 0.5) is 0 Å². The minimum absolute atomic E-state index is 0.0337. The number of rotatable bonds is 5. The fraction of sp³-hybridized carbons (Fsp3) is 0.667. The second-order valence-electron chi connectivity index (χ2n) is 6.54. The first-order valence-electron chi connectivity index (χ1n) is 7.40. The van der Waals surface area contributed by atoms with Crippen LogP contribution in [0.3, 0.4) is 0 Å². The first-order valence-corrected chi connectivity index (χ1v) is 7.40. The minimum Gasteiger partial charge on any atom is -0.477 e. The molecule has 0 aliphatic heterocycles. The average molecular weight is 294 g/mol. The van der Waals surface area contributed by atoms with Gasteiger partial charge in [-0.3, -0.25) is 14.3 Å². The summed E-state index contributed by atoms with van der Waals surface area (Å²) in [4.78, 5) is 36.6. The number of aromatic carboxylic acids is 1. The number of carboxylic acid groups (broad SMARTS) is 1. The van der Waals surface area contributed by atoms with Crippen LogP contribution in [0.2, 0.25) is 0 Å². The van der Waals surface area contributed by atoms with E-state index < -0.39 is 17.2 Å². The molecule has 6 heteroatoms. The van der Waals surface area contributed by atoms with Gasteiger partial charge in [0.1, 0.15) is 5.56 Å². The minimum atomic E-state index is -1.31. The lowest BCUT2D eigenvalue weighted by Crippen LogP contribution is -2.37. The van der Waals surface area contributed by atoms with Crippen LogP contribution in [0, 0.1) is 11.3 Å². The van der Waals surface area contributed by atoms with E-state index in [0.29, 0.717) is 12.5 Å². The Balaban J connectivity index is 2.37. The van der Waals surface area contributed by atoms with Crippen molar-refractivity contribution >= 4 is 5.97 Å². The summed E-state index contributed by atoms with van der Waals surface area (Å²) in [5.74, 6) is -0.796. The van der Waals surface area contributed by atoms with Crippen LogP contribution in [0.5, 0.6) is 0 Å². The molecule has 0 bridgehead atoms. The first-order chi connectivity index (χ1) is 9.83. The van der Waals surface area contributed by atoms with Crippen molar-refractivity contribution in [3.05, 3.63) is 32.6 Å². The molecule has 1 aliphatic carbocycles. The van der Waals surface area contributed by atoms with Crippen molar-refractivity contribution in [2.24, 2.45) is 11.3 Å². The van der Waals surface area contributed by atoms with E-state index in [9.17, 15) is 14.4 Å². The van der Waals surface area contributed by atoms with Gasteiger partial charge in [0.2, 0.25) is 0 Å². The Hall–Kier alpha value is -1.85. The molecule has 2 N–H and O–H groups in total. The van der Waals surface area contributed by atoms with Gasteiger partial charge in [0.05, 0.1) is 0 Å². The Morgan fingerprint density at radius 1 is 1.38 bits per heavy atom. The monoisotopic (exact) mass is 294 g/mol. The maximum absolute atomic E-state index is 11.9. The topological polar surface area (TPSA) is 92.2 Å². The van der Waals surface area contributed by atoms with E-state index in [0.717, 1.165) is 32.1 Å². The molecule has 1 heterocycles. The fourth-order valence-corrected chi connectivity index (χ4v) is 3.56. The molecular formula is C15H22N2O4. The number of hydrogen-bond acceptors (Lipinski definition) is 3. The molecule has 1 saturated carbocycles. The zero-order valence-corrected chi connectivity index (χ0v) is 12.5. The molecule has 2 rings (SSSR count). The summed E-state index contributed by atoms with van der Waals surface area (Å²) in [5.41, 5.74) is -1.72. The van der Waals surface area contributed by atoms with E-state index in [-0.39, 0.29) is 11.0 Å². The lowest BCUT2D eigenvalue weighted by atomic mass is 9.78. The normalized spacial score (nSPS) is 17.3. The predicted octanol–water partition coefficient (Wildman–Crippen LogP) is 1.84. The summed E-state index contributed by atoms with van der Waals surface area (Å²) in [5, 5.41) is 9.02. The van der Waals surface area contributed by atoms with Gasteiger partial charge in [-0.2, -0.15) is 0 Å². The predicted molar refractivity (Wildman–Crippen MR) is 78.6 cm³/mol. The van der Waals surface area contributed by atoms with Gasteiger partial charge in [0.25, 0.3) is 5.56 Å². The van der Waals surface area contributed by atoms with Crippen molar-refractivity contribution in [1.29, 1.82) is 0 Å². The highest BCUT2D eigenvalue weighted by atomic mass is 16.4.